The summed E-state index contributed by atoms with van der Waals surface area (Å²) in [6.07, 6.45) is -0.0561. The number of aromatic nitrogens is 2. The van der Waals surface area contributed by atoms with Crippen molar-refractivity contribution < 1.29 is 19.2 Å². The van der Waals surface area contributed by atoms with Gasteiger partial charge in [-0.15, -0.1) is 10.2 Å². The lowest BCUT2D eigenvalue weighted by atomic mass is 10.1. The molecule has 104 valence electrons. The molecule has 8 heteroatoms. The number of carboxylic acids is 1. The molecular weight excluding hydrogens is 266 g/mol. The second kappa shape index (κ2) is 5.47. The Hall–Kier alpha value is -2.77. The van der Waals surface area contributed by atoms with E-state index in [0.717, 1.165) is 5.56 Å². The molecule has 0 aliphatic rings. The van der Waals surface area contributed by atoms with Crippen LogP contribution in [-0.2, 0) is 11.2 Å². The normalized spacial score (nSPS) is 10.4. The molecule has 0 saturated carbocycles. The van der Waals surface area contributed by atoms with Gasteiger partial charge in [-0.2, -0.15) is 0 Å². The monoisotopic (exact) mass is 277 g/mol. The Labute approximate surface area is 113 Å². The highest BCUT2D eigenvalue weighted by molar-refractivity contribution is 5.68. The van der Waals surface area contributed by atoms with Crippen LogP contribution in [0.1, 0.15) is 17.9 Å². The molecule has 0 aliphatic heterocycles. The first kappa shape index (κ1) is 13.7. The minimum atomic E-state index is -0.980. The molecule has 0 aliphatic carbocycles. The lowest BCUT2D eigenvalue weighted by Gasteiger charge is -1.99. The molecule has 1 aromatic carbocycles. The van der Waals surface area contributed by atoms with E-state index in [-0.39, 0.29) is 35.9 Å². The van der Waals surface area contributed by atoms with Gasteiger partial charge in [-0.25, -0.2) is 0 Å². The quantitative estimate of drug-likeness (QED) is 0.655. The number of hydrogen-bond acceptors (Lipinski definition) is 6. The average Bonchev–Trinajstić information content (AvgIpc) is 2.84. The molecule has 2 rings (SSSR count). The van der Waals surface area contributed by atoms with Crippen molar-refractivity contribution in [1.82, 2.24) is 10.2 Å². The highest BCUT2D eigenvalue weighted by Crippen LogP contribution is 2.29. The standard InChI is InChI=1S/C12H11N3O5/c1-7-2-3-9(15(18)19)8(6-7)12-14-13-10(20-12)4-5-11(16)17/h2-3,6H,4-5H2,1H3,(H,16,17). The van der Waals surface area contributed by atoms with Gasteiger partial charge in [-0.05, 0) is 18.6 Å². The summed E-state index contributed by atoms with van der Waals surface area (Å²) in [7, 11) is 0. The van der Waals surface area contributed by atoms with Crippen LogP contribution in [0, 0.1) is 17.0 Å². The van der Waals surface area contributed by atoms with Gasteiger partial charge in [-0.3, -0.25) is 14.9 Å². The fourth-order valence-corrected chi connectivity index (χ4v) is 1.66. The highest BCUT2D eigenvalue weighted by atomic mass is 16.6. The molecule has 2 aromatic rings. The summed E-state index contributed by atoms with van der Waals surface area (Å²) in [6.45, 7) is 1.79. The van der Waals surface area contributed by atoms with Gasteiger partial charge in [0.25, 0.3) is 11.6 Å². The summed E-state index contributed by atoms with van der Waals surface area (Å²) in [4.78, 5) is 20.9. The number of nitrogens with zero attached hydrogens (tertiary/aromatic N) is 3. The van der Waals surface area contributed by atoms with Crippen LogP contribution in [-0.4, -0.2) is 26.2 Å². The fraction of sp³-hybridized carbons (Fsp3) is 0.250. The zero-order valence-electron chi connectivity index (χ0n) is 10.6. The van der Waals surface area contributed by atoms with E-state index in [1.165, 1.54) is 6.07 Å². The van der Waals surface area contributed by atoms with Crippen LogP contribution in [0.3, 0.4) is 0 Å². The van der Waals surface area contributed by atoms with Crippen LogP contribution in [0.2, 0.25) is 0 Å². The van der Waals surface area contributed by atoms with Crippen molar-refractivity contribution >= 4 is 11.7 Å². The Kier molecular flexibility index (Phi) is 3.74. The lowest BCUT2D eigenvalue weighted by molar-refractivity contribution is -0.384. The molecule has 1 N–H and O–H groups in total. The maximum absolute atomic E-state index is 11.0. The van der Waals surface area contributed by atoms with E-state index in [9.17, 15) is 14.9 Å². The Morgan fingerprint density at radius 2 is 2.20 bits per heavy atom. The van der Waals surface area contributed by atoms with E-state index < -0.39 is 10.9 Å². The summed E-state index contributed by atoms with van der Waals surface area (Å²) in [5, 5.41) is 27.0. The summed E-state index contributed by atoms with van der Waals surface area (Å²) < 4.78 is 5.28. The van der Waals surface area contributed by atoms with E-state index in [1.807, 2.05) is 0 Å². The molecule has 0 amide bonds. The van der Waals surface area contributed by atoms with E-state index in [0.29, 0.717) is 0 Å². The van der Waals surface area contributed by atoms with Crippen LogP contribution < -0.4 is 0 Å². The van der Waals surface area contributed by atoms with Gasteiger partial charge in [0.2, 0.25) is 5.89 Å². The number of aryl methyl sites for hydroxylation is 2. The molecule has 0 atom stereocenters. The molecule has 0 spiro atoms. The number of rotatable bonds is 5. The minimum absolute atomic E-state index is 0.0146. The summed E-state index contributed by atoms with van der Waals surface area (Å²) in [5.41, 5.74) is 0.906. The van der Waals surface area contributed by atoms with E-state index in [2.05, 4.69) is 10.2 Å². The summed E-state index contributed by atoms with van der Waals surface area (Å²) in [6, 6.07) is 4.56. The third-order valence-electron chi connectivity index (χ3n) is 2.60. The van der Waals surface area contributed by atoms with Crippen LogP contribution >= 0.6 is 0 Å². The van der Waals surface area contributed by atoms with Crippen molar-refractivity contribution in [3.8, 4) is 11.5 Å². The van der Waals surface area contributed by atoms with Crippen molar-refractivity contribution in [3.63, 3.8) is 0 Å². The van der Waals surface area contributed by atoms with Crippen molar-refractivity contribution in [3.05, 3.63) is 39.8 Å². The first-order valence-corrected chi connectivity index (χ1v) is 5.77. The molecule has 0 radical (unpaired) electrons. The van der Waals surface area contributed by atoms with Crippen LogP contribution in [0.25, 0.3) is 11.5 Å². The topological polar surface area (TPSA) is 119 Å². The average molecular weight is 277 g/mol. The number of carboxylic acid groups (broad SMARTS) is 1. The van der Waals surface area contributed by atoms with E-state index >= 15 is 0 Å². The van der Waals surface area contributed by atoms with Crippen LogP contribution in [0.15, 0.2) is 22.6 Å². The summed E-state index contributed by atoms with van der Waals surface area (Å²) >= 11 is 0. The molecule has 0 fully saturated rings. The van der Waals surface area contributed by atoms with Gasteiger partial charge < -0.3 is 9.52 Å². The Bertz CT molecular complexity index is 665. The molecule has 0 unspecified atom stereocenters. The minimum Gasteiger partial charge on any atom is -0.481 e. The zero-order chi connectivity index (χ0) is 14.7. The molecular formula is C12H11N3O5. The Morgan fingerprint density at radius 1 is 1.45 bits per heavy atom. The molecule has 1 heterocycles. The van der Waals surface area contributed by atoms with Crippen molar-refractivity contribution in [2.75, 3.05) is 0 Å². The number of carbonyl (C=O) groups is 1. The molecule has 0 saturated heterocycles. The van der Waals surface area contributed by atoms with Gasteiger partial charge >= 0.3 is 5.97 Å². The van der Waals surface area contributed by atoms with Crippen molar-refractivity contribution in [1.29, 1.82) is 0 Å². The van der Waals surface area contributed by atoms with E-state index in [4.69, 9.17) is 9.52 Å². The smallest absolute Gasteiger partial charge is 0.303 e. The third kappa shape index (κ3) is 2.97. The Morgan fingerprint density at radius 3 is 2.85 bits per heavy atom. The van der Waals surface area contributed by atoms with Gasteiger partial charge in [0.1, 0.15) is 5.56 Å². The maximum atomic E-state index is 11.0. The van der Waals surface area contributed by atoms with Gasteiger partial charge in [0.15, 0.2) is 0 Å². The SMILES string of the molecule is Cc1ccc([N+](=O)[O-])c(-c2nnc(CCC(=O)O)o2)c1. The Balaban J connectivity index is 2.34. The van der Waals surface area contributed by atoms with Crippen molar-refractivity contribution in [2.45, 2.75) is 19.8 Å². The number of nitro benzene ring substituents is 1. The predicted molar refractivity (Wildman–Crippen MR) is 67.1 cm³/mol. The molecule has 20 heavy (non-hydrogen) atoms. The number of hydrogen-bond donors (Lipinski definition) is 1. The molecule has 8 nitrogen and oxygen atoms in total. The van der Waals surface area contributed by atoms with Crippen molar-refractivity contribution in [2.24, 2.45) is 0 Å². The number of aliphatic carboxylic acids is 1. The molecule has 0 bridgehead atoms. The van der Waals surface area contributed by atoms with Crippen LogP contribution in [0.4, 0.5) is 5.69 Å². The largest absolute Gasteiger partial charge is 0.481 e. The van der Waals surface area contributed by atoms with E-state index in [1.54, 1.807) is 19.1 Å². The summed E-state index contributed by atoms with van der Waals surface area (Å²) in [5.74, 6) is -0.828. The van der Waals surface area contributed by atoms with Gasteiger partial charge in [0, 0.05) is 12.5 Å². The van der Waals surface area contributed by atoms with Gasteiger partial charge in [-0.1, -0.05) is 6.07 Å². The third-order valence-corrected chi connectivity index (χ3v) is 2.60. The first-order valence-electron chi connectivity index (χ1n) is 5.77. The predicted octanol–water partition coefficient (Wildman–Crippen LogP) is 1.97. The lowest BCUT2D eigenvalue weighted by Crippen LogP contribution is -1.97. The van der Waals surface area contributed by atoms with Crippen LogP contribution in [0.5, 0.6) is 0 Å². The maximum Gasteiger partial charge on any atom is 0.303 e. The fourth-order valence-electron chi connectivity index (χ4n) is 1.66. The number of nitro groups is 1. The first-order chi connectivity index (χ1) is 9.47. The molecule has 1 aromatic heterocycles. The van der Waals surface area contributed by atoms with Gasteiger partial charge in [0.05, 0.1) is 11.3 Å². The second-order valence-electron chi connectivity index (χ2n) is 4.17. The highest BCUT2D eigenvalue weighted by Gasteiger charge is 2.20. The zero-order valence-corrected chi connectivity index (χ0v) is 10.6. The second-order valence-corrected chi connectivity index (χ2v) is 4.17. The number of benzene rings is 1.